The molecule has 0 spiro atoms. The van der Waals surface area contributed by atoms with Crippen LogP contribution >= 0.6 is 27.7 Å². The van der Waals surface area contributed by atoms with Crippen LogP contribution in [0.2, 0.25) is 0 Å². The number of ketones is 1. The van der Waals surface area contributed by atoms with Gasteiger partial charge < -0.3 is 0 Å². The number of thioether (sulfide) groups is 1. The summed E-state index contributed by atoms with van der Waals surface area (Å²) in [5.41, 5.74) is 0. The zero-order chi connectivity index (χ0) is 7.56. The minimum absolute atomic E-state index is 0.0862. The van der Waals surface area contributed by atoms with E-state index in [0.717, 1.165) is 12.3 Å². The number of carbonyl (C=O) groups excluding carboxylic acids is 1. The van der Waals surface area contributed by atoms with Gasteiger partial charge in [0.15, 0.2) is 0 Å². The number of rotatable bonds is 2. The van der Waals surface area contributed by atoms with E-state index in [1.165, 1.54) is 0 Å². The maximum atomic E-state index is 11.1. The molecule has 10 heavy (non-hydrogen) atoms. The lowest BCUT2D eigenvalue weighted by Gasteiger charge is -1.98. The molecule has 0 saturated carbocycles. The van der Waals surface area contributed by atoms with E-state index in [-0.39, 0.29) is 10.6 Å². The summed E-state index contributed by atoms with van der Waals surface area (Å²) < 4.78 is 0. The lowest BCUT2D eigenvalue weighted by Crippen LogP contribution is -2.17. The number of carbonyl (C=O) groups is 1. The van der Waals surface area contributed by atoms with E-state index in [1.807, 2.05) is 6.92 Å². The summed E-state index contributed by atoms with van der Waals surface area (Å²) in [6.45, 7) is 2.62. The van der Waals surface area contributed by atoms with Crippen molar-refractivity contribution in [2.24, 2.45) is 4.99 Å². The quantitative estimate of drug-likeness (QED) is 0.662. The topological polar surface area (TPSA) is 29.4 Å². The molecule has 1 atom stereocenters. The molecule has 56 valence electrons. The highest BCUT2D eigenvalue weighted by Gasteiger charge is 2.19. The number of nitrogens with zero attached hydrogens (tertiary/aromatic N) is 1. The molecule has 0 aliphatic carbocycles. The Hall–Kier alpha value is 0.170. The van der Waals surface area contributed by atoms with Crippen molar-refractivity contribution < 1.29 is 4.79 Å². The smallest absolute Gasteiger partial charge is 0.200 e. The molecular weight excluding hydrogens is 214 g/mol. The Morgan fingerprint density at radius 2 is 2.60 bits per heavy atom. The van der Waals surface area contributed by atoms with E-state index < -0.39 is 0 Å². The van der Waals surface area contributed by atoms with Crippen molar-refractivity contribution in [1.82, 2.24) is 0 Å². The fourth-order valence-electron chi connectivity index (χ4n) is 0.654. The van der Waals surface area contributed by atoms with Crippen LogP contribution in [-0.4, -0.2) is 28.0 Å². The summed E-state index contributed by atoms with van der Waals surface area (Å²) in [7, 11) is 0. The molecule has 1 rings (SSSR count). The minimum Gasteiger partial charge on any atom is -0.291 e. The first-order valence-corrected chi connectivity index (χ1v) is 4.97. The first-order chi connectivity index (χ1) is 4.72. The second kappa shape index (κ2) is 3.53. The molecule has 0 radical (unpaired) electrons. The van der Waals surface area contributed by atoms with Gasteiger partial charge in [0.1, 0.15) is 5.04 Å². The van der Waals surface area contributed by atoms with Gasteiger partial charge in [-0.05, 0) is 6.92 Å². The predicted octanol–water partition coefficient (Wildman–Crippen LogP) is 1.48. The van der Waals surface area contributed by atoms with Crippen molar-refractivity contribution >= 4 is 38.5 Å². The lowest BCUT2D eigenvalue weighted by molar-refractivity contribution is -0.111. The molecule has 1 aliphatic rings. The maximum Gasteiger partial charge on any atom is 0.200 e. The molecule has 0 aromatic rings. The zero-order valence-corrected chi connectivity index (χ0v) is 8.04. The molecule has 2 nitrogen and oxygen atoms in total. The Morgan fingerprint density at radius 1 is 1.90 bits per heavy atom. The minimum atomic E-state index is -0.0862. The number of Topliss-reactive ketones (excluding diaryl/α,β-unsaturated/α-hetero) is 1. The van der Waals surface area contributed by atoms with Gasteiger partial charge in [0.25, 0.3) is 0 Å². The highest BCUT2D eigenvalue weighted by atomic mass is 79.9. The summed E-state index contributed by atoms with van der Waals surface area (Å²) in [6, 6.07) is 0. The average molecular weight is 222 g/mol. The van der Waals surface area contributed by atoms with E-state index in [4.69, 9.17) is 0 Å². The normalized spacial score (nSPS) is 20.4. The summed E-state index contributed by atoms with van der Waals surface area (Å²) in [5.74, 6) is 1.07. The van der Waals surface area contributed by atoms with Gasteiger partial charge in [0.05, 0.1) is 4.83 Å². The van der Waals surface area contributed by atoms with Crippen LogP contribution in [0.25, 0.3) is 0 Å². The standard InChI is InChI=1S/C6H8BrNOS/c1-4(7)5(9)6-8-2-3-10-6/h4H,2-3H2,1H3. The van der Waals surface area contributed by atoms with Crippen LogP contribution in [0.15, 0.2) is 4.99 Å². The highest BCUT2D eigenvalue weighted by molar-refractivity contribution is 9.10. The summed E-state index contributed by atoms with van der Waals surface area (Å²) in [5, 5.41) is 0.685. The van der Waals surface area contributed by atoms with Crippen LogP contribution in [0, 0.1) is 0 Å². The number of hydrogen-bond acceptors (Lipinski definition) is 3. The molecular formula is C6H8BrNOS. The van der Waals surface area contributed by atoms with Gasteiger partial charge in [-0.1, -0.05) is 15.9 Å². The monoisotopic (exact) mass is 221 g/mol. The first kappa shape index (κ1) is 8.27. The fourth-order valence-corrected chi connectivity index (χ4v) is 1.90. The fraction of sp³-hybridized carbons (Fsp3) is 0.667. The Labute approximate surface area is 72.6 Å². The second-order valence-electron chi connectivity index (χ2n) is 2.02. The number of alkyl halides is 1. The van der Waals surface area contributed by atoms with Crippen molar-refractivity contribution in [3.05, 3.63) is 0 Å². The third kappa shape index (κ3) is 1.83. The van der Waals surface area contributed by atoms with E-state index in [1.54, 1.807) is 11.8 Å². The van der Waals surface area contributed by atoms with Crippen LogP contribution in [0.1, 0.15) is 6.92 Å². The van der Waals surface area contributed by atoms with Gasteiger partial charge in [0, 0.05) is 12.3 Å². The summed E-state index contributed by atoms with van der Waals surface area (Å²) >= 11 is 4.76. The molecule has 1 heterocycles. The summed E-state index contributed by atoms with van der Waals surface area (Å²) in [6.07, 6.45) is 0. The van der Waals surface area contributed by atoms with Gasteiger partial charge >= 0.3 is 0 Å². The number of aliphatic imine (C=N–C) groups is 1. The van der Waals surface area contributed by atoms with Gasteiger partial charge in [-0.2, -0.15) is 0 Å². The lowest BCUT2D eigenvalue weighted by atomic mass is 10.3. The van der Waals surface area contributed by atoms with Crippen LogP contribution in [0.4, 0.5) is 0 Å². The molecule has 1 unspecified atom stereocenters. The van der Waals surface area contributed by atoms with Gasteiger partial charge in [0.2, 0.25) is 5.78 Å². The largest absolute Gasteiger partial charge is 0.291 e. The van der Waals surface area contributed by atoms with Crippen LogP contribution < -0.4 is 0 Å². The van der Waals surface area contributed by atoms with Crippen molar-refractivity contribution in [3.63, 3.8) is 0 Å². The van der Waals surface area contributed by atoms with E-state index in [2.05, 4.69) is 20.9 Å². The third-order valence-corrected chi connectivity index (χ3v) is 2.56. The number of halogens is 1. The molecule has 0 saturated heterocycles. The van der Waals surface area contributed by atoms with Gasteiger partial charge in [-0.15, -0.1) is 11.8 Å². The third-order valence-electron chi connectivity index (χ3n) is 1.16. The maximum absolute atomic E-state index is 11.1. The molecule has 1 aliphatic heterocycles. The Balaban J connectivity index is 2.56. The molecule has 0 bridgehead atoms. The zero-order valence-electron chi connectivity index (χ0n) is 5.63. The summed E-state index contributed by atoms with van der Waals surface area (Å²) in [4.78, 5) is 15.1. The van der Waals surface area contributed by atoms with Gasteiger partial charge in [-0.3, -0.25) is 9.79 Å². The van der Waals surface area contributed by atoms with Crippen molar-refractivity contribution in [2.45, 2.75) is 11.8 Å². The Bertz CT molecular complexity index is 179. The van der Waals surface area contributed by atoms with Gasteiger partial charge in [-0.25, -0.2) is 0 Å². The molecule has 0 N–H and O–H groups in total. The van der Waals surface area contributed by atoms with E-state index >= 15 is 0 Å². The van der Waals surface area contributed by atoms with Crippen LogP contribution in [0.5, 0.6) is 0 Å². The molecule has 0 fully saturated rings. The van der Waals surface area contributed by atoms with E-state index in [0.29, 0.717) is 5.04 Å². The molecule has 0 amide bonds. The molecule has 4 heteroatoms. The second-order valence-corrected chi connectivity index (χ2v) is 4.47. The van der Waals surface area contributed by atoms with E-state index in [9.17, 15) is 4.79 Å². The SMILES string of the molecule is CC(Br)C(=O)C1=NCCS1. The Kier molecular flexibility index (Phi) is 2.92. The molecule has 0 aromatic carbocycles. The van der Waals surface area contributed by atoms with Crippen LogP contribution in [-0.2, 0) is 4.79 Å². The predicted molar refractivity (Wildman–Crippen MR) is 48.2 cm³/mol. The molecule has 0 aromatic heterocycles. The van der Waals surface area contributed by atoms with Crippen molar-refractivity contribution in [1.29, 1.82) is 0 Å². The van der Waals surface area contributed by atoms with Crippen molar-refractivity contribution in [3.8, 4) is 0 Å². The van der Waals surface area contributed by atoms with Crippen molar-refractivity contribution in [2.75, 3.05) is 12.3 Å². The number of hydrogen-bond donors (Lipinski definition) is 0. The Morgan fingerprint density at radius 3 is 3.00 bits per heavy atom. The highest BCUT2D eigenvalue weighted by Crippen LogP contribution is 2.15. The average Bonchev–Trinajstić information content (AvgIpc) is 2.36. The first-order valence-electron chi connectivity index (χ1n) is 3.07. The van der Waals surface area contributed by atoms with Crippen LogP contribution in [0.3, 0.4) is 0 Å².